The number of nitrogens with zero attached hydrogens (tertiary/aromatic N) is 3. The van der Waals surface area contributed by atoms with Gasteiger partial charge in [-0.15, -0.1) is 0 Å². The number of halogens is 3. The van der Waals surface area contributed by atoms with Crippen LogP contribution in [0.1, 0.15) is 250 Å². The van der Waals surface area contributed by atoms with Crippen molar-refractivity contribution in [3.05, 3.63) is 59.2 Å². The van der Waals surface area contributed by atoms with Crippen LogP contribution in [0.2, 0.25) is 0 Å². The van der Waals surface area contributed by atoms with Crippen LogP contribution in [0.25, 0.3) is 0 Å². The van der Waals surface area contributed by atoms with E-state index < -0.39 is 17.6 Å². The molecular weight excluding hydrogens is 852 g/mol. The van der Waals surface area contributed by atoms with Gasteiger partial charge in [0, 0.05) is 31.4 Å². The molecule has 2 amide bonds. The third-order valence-electron chi connectivity index (χ3n) is 10.3. The fourth-order valence-electron chi connectivity index (χ4n) is 5.36. The van der Waals surface area contributed by atoms with E-state index in [0.29, 0.717) is 29.5 Å². The number of aryl methyl sites for hydroxylation is 2. The van der Waals surface area contributed by atoms with E-state index in [-0.39, 0.29) is 30.3 Å². The molecule has 2 aromatic heterocycles. The van der Waals surface area contributed by atoms with Crippen molar-refractivity contribution < 1.29 is 27.5 Å². The number of unbranched alkanes of at least 4 members (excludes halogenated alkanes) is 3. The number of aromatic nitrogens is 4. The highest BCUT2D eigenvalue weighted by molar-refractivity contribution is 5.95. The van der Waals surface area contributed by atoms with Crippen LogP contribution >= 0.6 is 0 Å². The molecule has 0 aliphatic carbocycles. The van der Waals surface area contributed by atoms with E-state index in [9.17, 15) is 22.8 Å². The Labute approximate surface area is 409 Å². The van der Waals surface area contributed by atoms with E-state index in [1.165, 1.54) is 67.6 Å². The number of alkyl halides is 3. The topological polar surface area (TPSA) is 138 Å². The first-order valence-corrected chi connectivity index (χ1v) is 25.4. The number of allylic oxidation sites excluding steroid dienone is 3. The molecule has 3 rings (SSSR count). The van der Waals surface area contributed by atoms with Crippen LogP contribution in [0.5, 0.6) is 0 Å². The average molecular weight is 956 g/mol. The highest BCUT2D eigenvalue weighted by Gasteiger charge is 2.47. The van der Waals surface area contributed by atoms with Gasteiger partial charge in [-0.05, 0) is 112 Å². The Morgan fingerprint density at radius 3 is 1.81 bits per heavy atom. The Hall–Kier alpha value is -3.90. The predicted octanol–water partition coefficient (Wildman–Crippen LogP) is 16.6. The fourth-order valence-corrected chi connectivity index (χ4v) is 5.36. The second kappa shape index (κ2) is 42.2. The summed E-state index contributed by atoms with van der Waals surface area (Å²) < 4.78 is 46.2. The van der Waals surface area contributed by atoms with Gasteiger partial charge in [0.25, 0.3) is 5.91 Å². The fraction of sp³-hybridized carbons (Fsp3) is 0.759. The van der Waals surface area contributed by atoms with Gasteiger partial charge in [-0.1, -0.05) is 140 Å². The summed E-state index contributed by atoms with van der Waals surface area (Å²) in [6.45, 7) is 46.1. The minimum atomic E-state index is -4.31. The smallest absolute Gasteiger partial charge is 0.393 e. The van der Waals surface area contributed by atoms with Gasteiger partial charge in [0.2, 0.25) is 5.91 Å². The molecule has 1 aliphatic rings. The molecular formula is C54H104F3N7O3. The van der Waals surface area contributed by atoms with Gasteiger partial charge in [-0.2, -0.15) is 18.3 Å². The van der Waals surface area contributed by atoms with Crippen LogP contribution in [0.4, 0.5) is 13.2 Å². The minimum absolute atomic E-state index is 0.0775. The first-order chi connectivity index (χ1) is 31.2. The van der Waals surface area contributed by atoms with Gasteiger partial charge in [0.1, 0.15) is 17.1 Å². The van der Waals surface area contributed by atoms with Crippen LogP contribution in [-0.2, 0) is 16.1 Å². The molecule has 0 spiro atoms. The zero-order valence-corrected chi connectivity index (χ0v) is 46.9. The monoisotopic (exact) mass is 956 g/mol. The van der Waals surface area contributed by atoms with Crippen molar-refractivity contribution in [2.45, 2.75) is 253 Å². The Balaban J connectivity index is -0.000000258. The maximum atomic E-state index is 13.2. The van der Waals surface area contributed by atoms with E-state index in [4.69, 9.17) is 10.1 Å². The third-order valence-corrected chi connectivity index (χ3v) is 10.3. The SMILES string of the molecule is C=C(C)OC(C)(C)C.CC.CC.CCC(C)=C(C)C(C)=N.CCCC.CCCCCC(C)CC.CCn1nccc1C(=O)NC(CCC(C)(C)C(F)(F)F)c1cnc(C)[nH]1.O=C1CCCCN1. The van der Waals surface area contributed by atoms with Crippen LogP contribution in [0, 0.1) is 23.7 Å². The van der Waals surface area contributed by atoms with Crippen molar-refractivity contribution in [3.63, 3.8) is 0 Å². The molecule has 2 unspecified atom stereocenters. The predicted molar refractivity (Wildman–Crippen MR) is 282 cm³/mol. The lowest BCUT2D eigenvalue weighted by Gasteiger charge is -2.29. The Bertz CT molecular complexity index is 1560. The highest BCUT2D eigenvalue weighted by atomic mass is 19.4. The number of hydrogen-bond donors (Lipinski definition) is 4. The van der Waals surface area contributed by atoms with Gasteiger partial charge in [-0.25, -0.2) is 4.98 Å². The van der Waals surface area contributed by atoms with Crippen LogP contribution in [0.15, 0.2) is 41.9 Å². The van der Waals surface area contributed by atoms with Gasteiger partial charge < -0.3 is 25.8 Å². The van der Waals surface area contributed by atoms with E-state index in [2.05, 4.69) is 80.7 Å². The highest BCUT2D eigenvalue weighted by Crippen LogP contribution is 2.42. The molecule has 1 fully saturated rings. The van der Waals surface area contributed by atoms with E-state index >= 15 is 0 Å². The molecule has 13 heteroatoms. The van der Waals surface area contributed by atoms with E-state index in [1.807, 2.05) is 76.2 Å². The molecule has 0 bridgehead atoms. The molecule has 10 nitrogen and oxygen atoms in total. The maximum absolute atomic E-state index is 13.2. The van der Waals surface area contributed by atoms with Crippen LogP contribution in [0.3, 0.4) is 0 Å². The van der Waals surface area contributed by atoms with Gasteiger partial charge >= 0.3 is 6.18 Å². The second-order valence-corrected chi connectivity index (χ2v) is 18.0. The summed E-state index contributed by atoms with van der Waals surface area (Å²) >= 11 is 0. The van der Waals surface area contributed by atoms with Crippen molar-refractivity contribution in [2.24, 2.45) is 11.3 Å². The lowest BCUT2D eigenvalue weighted by molar-refractivity contribution is -0.214. The first kappa shape index (κ1) is 72.1. The number of piperidine rings is 1. The molecule has 1 saturated heterocycles. The number of carbonyl (C=O) groups is 2. The largest absolute Gasteiger partial charge is 0.493 e. The van der Waals surface area contributed by atoms with Crippen LogP contribution in [-0.4, -0.2) is 55.6 Å². The summed E-state index contributed by atoms with van der Waals surface area (Å²) in [7, 11) is 0. The molecule has 3 heterocycles. The number of rotatable bonds is 16. The molecule has 1 aliphatic heterocycles. The molecule has 2 atom stereocenters. The maximum Gasteiger partial charge on any atom is 0.393 e. The molecule has 0 radical (unpaired) electrons. The summed E-state index contributed by atoms with van der Waals surface area (Å²) in [5.41, 5.74) is 2.16. The normalized spacial score (nSPS) is 13.0. The summed E-state index contributed by atoms with van der Waals surface area (Å²) in [6.07, 6.45) is 12.4. The summed E-state index contributed by atoms with van der Waals surface area (Å²) in [5.74, 6) is 2.19. The van der Waals surface area contributed by atoms with Crippen molar-refractivity contribution in [1.29, 1.82) is 5.41 Å². The molecule has 4 N–H and O–H groups in total. The number of H-pyrrole nitrogens is 1. The van der Waals surface area contributed by atoms with E-state index in [1.54, 1.807) is 13.0 Å². The summed E-state index contributed by atoms with van der Waals surface area (Å²) in [5, 5.41) is 16.9. The van der Waals surface area contributed by atoms with Crippen molar-refractivity contribution in [2.75, 3.05) is 6.54 Å². The first-order valence-electron chi connectivity index (χ1n) is 25.4. The number of amides is 2. The summed E-state index contributed by atoms with van der Waals surface area (Å²) in [6, 6.07) is 0.971. The van der Waals surface area contributed by atoms with Crippen molar-refractivity contribution in [1.82, 2.24) is 30.4 Å². The molecule has 394 valence electrons. The standard InChI is InChI=1S/C17H24F3N5O.C9H20.C8H15N.C7H14O.C5H9NO.C4H10.2C2H6/c1-5-25-14(7-9-22-25)15(26)24-12(13-10-21-11(2)23-13)6-8-16(3,4)17(18,19)20;1-4-6-7-8-9(3)5-2;1-5-6(2)7(3)8(4)9;1-6(2)8-7(3,4)5;7-5-3-1-2-4-6-5;1-3-4-2;2*1-2/h7,9-10,12H,5-6,8H2,1-4H3,(H,21,23)(H,24,26);9H,4-8H2,1-3H3;9H,5H2,1-4H3;1H2,2-5H3;1-4H2,(H,6,7);3-4H2,1-2H3;2*1-2H3. The lowest BCUT2D eigenvalue weighted by atomic mass is 9.85. The minimum Gasteiger partial charge on any atom is -0.493 e. The van der Waals surface area contributed by atoms with Crippen LogP contribution < -0.4 is 10.6 Å². The van der Waals surface area contributed by atoms with Gasteiger partial charge in [-0.3, -0.25) is 14.3 Å². The van der Waals surface area contributed by atoms with Crippen molar-refractivity contribution >= 4 is 17.5 Å². The molecule has 67 heavy (non-hydrogen) atoms. The number of imidazole rings is 1. The third kappa shape index (κ3) is 39.8. The Morgan fingerprint density at radius 1 is 0.925 bits per heavy atom. The number of carbonyl (C=O) groups excluding carboxylic acids is 2. The van der Waals surface area contributed by atoms with Gasteiger partial charge in [0.15, 0.2) is 0 Å². The number of hydrogen-bond acceptors (Lipinski definition) is 6. The zero-order chi connectivity index (χ0) is 53.4. The average Bonchev–Trinajstić information content (AvgIpc) is 3.95. The molecule has 0 aromatic carbocycles. The molecule has 2 aromatic rings. The quantitative estimate of drug-likeness (QED) is 0.0754. The number of ether oxygens (including phenoxy) is 1. The number of aromatic amines is 1. The lowest BCUT2D eigenvalue weighted by Crippen LogP contribution is -2.35. The molecule has 0 saturated carbocycles. The second-order valence-electron chi connectivity index (χ2n) is 18.0. The Kier molecular flexibility index (Phi) is 45.4. The zero-order valence-electron chi connectivity index (χ0n) is 46.9. The summed E-state index contributed by atoms with van der Waals surface area (Å²) in [4.78, 5) is 30.0. The Morgan fingerprint density at radius 2 is 1.49 bits per heavy atom. The van der Waals surface area contributed by atoms with Crippen molar-refractivity contribution in [3.8, 4) is 0 Å². The number of nitrogens with one attached hydrogen (secondary N) is 4. The van der Waals surface area contributed by atoms with Gasteiger partial charge in [0.05, 0.1) is 29.1 Å². The van der Waals surface area contributed by atoms with E-state index in [0.717, 1.165) is 63.3 Å².